The van der Waals surface area contributed by atoms with Crippen LogP contribution in [0.4, 0.5) is 26.3 Å². The summed E-state index contributed by atoms with van der Waals surface area (Å²) in [6.45, 7) is 0.943. The highest BCUT2D eigenvalue weighted by Crippen LogP contribution is 2.36. The smallest absolute Gasteiger partial charge is 0.332 e. The molecule has 1 atom stereocenters. The zero-order valence-corrected chi connectivity index (χ0v) is 13.4. The fraction of sp³-hybridized carbons (Fsp3) is 0.471. The summed E-state index contributed by atoms with van der Waals surface area (Å²) in [5, 5.41) is 0. The number of carbonyl (C=O) groups excluding carboxylic acids is 1. The summed E-state index contributed by atoms with van der Waals surface area (Å²) in [7, 11) is 0. The average Bonchev–Trinajstić information content (AvgIpc) is 2.51. The maximum absolute atomic E-state index is 12.9. The lowest BCUT2D eigenvalue weighted by atomic mass is 9.99. The van der Waals surface area contributed by atoms with Crippen molar-refractivity contribution in [3.05, 3.63) is 47.0 Å². The highest BCUT2D eigenvalue weighted by molar-refractivity contribution is 5.74. The molecule has 0 aromatic heterocycles. The number of amides is 1. The van der Waals surface area contributed by atoms with E-state index in [1.807, 2.05) is 6.08 Å². The van der Waals surface area contributed by atoms with E-state index in [4.69, 9.17) is 0 Å². The molecule has 0 N–H and O–H groups in total. The molecule has 0 fully saturated rings. The van der Waals surface area contributed by atoms with E-state index in [1.165, 1.54) is 11.8 Å². The van der Waals surface area contributed by atoms with Crippen molar-refractivity contribution in [3.63, 3.8) is 0 Å². The minimum atomic E-state index is -4.90. The van der Waals surface area contributed by atoms with Crippen molar-refractivity contribution in [3.8, 4) is 0 Å². The van der Waals surface area contributed by atoms with Gasteiger partial charge in [-0.1, -0.05) is 12.2 Å². The largest absolute Gasteiger partial charge is 0.416 e. The maximum Gasteiger partial charge on any atom is 0.416 e. The van der Waals surface area contributed by atoms with Crippen molar-refractivity contribution in [2.24, 2.45) is 0 Å². The van der Waals surface area contributed by atoms with Crippen LogP contribution < -0.4 is 0 Å². The van der Waals surface area contributed by atoms with Crippen LogP contribution in [0.15, 0.2) is 30.4 Å². The Bertz CT molecular complexity index is 630. The van der Waals surface area contributed by atoms with E-state index < -0.39 is 29.4 Å². The van der Waals surface area contributed by atoms with Gasteiger partial charge in [0.2, 0.25) is 5.91 Å². The van der Waals surface area contributed by atoms with Gasteiger partial charge in [0.25, 0.3) is 0 Å². The summed E-state index contributed by atoms with van der Waals surface area (Å²) in [4.78, 5) is 13.2. The molecule has 2 rings (SSSR count). The van der Waals surface area contributed by atoms with Gasteiger partial charge in [-0.2, -0.15) is 26.3 Å². The summed E-state index contributed by atoms with van der Waals surface area (Å²) in [5.74, 6) is -0.400. The number of alkyl halides is 6. The van der Waals surface area contributed by atoms with Gasteiger partial charge in [0.05, 0.1) is 17.2 Å². The van der Waals surface area contributed by atoms with Gasteiger partial charge in [-0.05, 0) is 43.0 Å². The zero-order valence-electron chi connectivity index (χ0n) is 13.4. The standard InChI is InChI=1S/C17H17F6NO/c1-11(25)24(15-5-3-2-4-6-15)10-12-7-13(16(18,19)20)9-14(8-12)17(21,22)23/h3,5,7-9,15H,2,4,6,10H2,1H3. The lowest BCUT2D eigenvalue weighted by molar-refractivity contribution is -0.143. The maximum atomic E-state index is 12.9. The Morgan fingerprint density at radius 2 is 1.64 bits per heavy atom. The van der Waals surface area contributed by atoms with Crippen molar-refractivity contribution in [2.75, 3.05) is 0 Å². The molecule has 1 aromatic carbocycles. The fourth-order valence-electron chi connectivity index (χ4n) is 2.82. The summed E-state index contributed by atoms with van der Waals surface area (Å²) in [6.07, 6.45) is -3.91. The molecule has 1 aromatic rings. The molecular weight excluding hydrogens is 348 g/mol. The molecule has 0 spiro atoms. The van der Waals surface area contributed by atoms with Crippen molar-refractivity contribution >= 4 is 5.91 Å². The number of hydrogen-bond donors (Lipinski definition) is 0. The van der Waals surface area contributed by atoms with E-state index in [9.17, 15) is 31.1 Å². The van der Waals surface area contributed by atoms with Crippen LogP contribution in [0.3, 0.4) is 0 Å². The summed E-state index contributed by atoms with van der Waals surface area (Å²) in [5.41, 5.74) is -2.95. The van der Waals surface area contributed by atoms with E-state index in [-0.39, 0.29) is 24.2 Å². The van der Waals surface area contributed by atoms with Gasteiger partial charge in [-0.25, -0.2) is 0 Å². The fourth-order valence-corrected chi connectivity index (χ4v) is 2.82. The first-order valence-electron chi connectivity index (χ1n) is 7.70. The predicted molar refractivity (Wildman–Crippen MR) is 79.4 cm³/mol. The predicted octanol–water partition coefficient (Wildman–Crippen LogP) is 5.18. The molecule has 0 aliphatic heterocycles. The van der Waals surface area contributed by atoms with Crippen molar-refractivity contribution in [1.82, 2.24) is 4.90 Å². The first-order chi connectivity index (χ1) is 11.5. The van der Waals surface area contributed by atoms with Crippen LogP contribution in [0.1, 0.15) is 42.9 Å². The zero-order chi connectivity index (χ0) is 18.8. The minimum Gasteiger partial charge on any atom is -0.332 e. The quantitative estimate of drug-likeness (QED) is 0.534. The van der Waals surface area contributed by atoms with Gasteiger partial charge in [-0.3, -0.25) is 4.79 Å². The van der Waals surface area contributed by atoms with Gasteiger partial charge in [0, 0.05) is 13.5 Å². The topological polar surface area (TPSA) is 20.3 Å². The van der Waals surface area contributed by atoms with Gasteiger partial charge < -0.3 is 4.90 Å². The van der Waals surface area contributed by atoms with Crippen LogP contribution >= 0.6 is 0 Å². The highest BCUT2D eigenvalue weighted by atomic mass is 19.4. The molecular formula is C17H17F6NO. The third kappa shape index (κ3) is 4.99. The number of hydrogen-bond acceptors (Lipinski definition) is 1. The molecule has 1 aliphatic carbocycles. The first kappa shape index (κ1) is 19.3. The average molecular weight is 365 g/mol. The molecule has 0 bridgehead atoms. The molecule has 0 radical (unpaired) electrons. The molecule has 1 unspecified atom stereocenters. The lowest BCUT2D eigenvalue weighted by Crippen LogP contribution is -2.38. The normalized spacial score (nSPS) is 18.3. The third-order valence-corrected chi connectivity index (χ3v) is 4.03. The molecule has 138 valence electrons. The number of carbonyl (C=O) groups is 1. The highest BCUT2D eigenvalue weighted by Gasteiger charge is 2.37. The Balaban J connectivity index is 2.40. The lowest BCUT2D eigenvalue weighted by Gasteiger charge is -2.31. The molecule has 1 aliphatic rings. The van der Waals surface area contributed by atoms with Crippen molar-refractivity contribution < 1.29 is 31.1 Å². The molecule has 1 amide bonds. The van der Waals surface area contributed by atoms with Gasteiger partial charge in [0.1, 0.15) is 0 Å². The monoisotopic (exact) mass is 365 g/mol. The van der Waals surface area contributed by atoms with E-state index in [2.05, 4.69) is 0 Å². The molecule has 0 heterocycles. The minimum absolute atomic E-state index is 0.0854. The van der Waals surface area contributed by atoms with Crippen LogP contribution in [0.2, 0.25) is 0 Å². The van der Waals surface area contributed by atoms with Crippen LogP contribution in [-0.4, -0.2) is 16.8 Å². The molecule has 2 nitrogen and oxygen atoms in total. The second kappa shape index (κ2) is 7.09. The Hall–Kier alpha value is -1.99. The number of halogens is 6. The Morgan fingerprint density at radius 1 is 1.08 bits per heavy atom. The number of rotatable bonds is 3. The summed E-state index contributed by atoms with van der Waals surface area (Å²) in [6, 6.07) is 1.09. The Labute approximate surface area is 141 Å². The van der Waals surface area contributed by atoms with Gasteiger partial charge in [0.15, 0.2) is 0 Å². The van der Waals surface area contributed by atoms with E-state index in [0.717, 1.165) is 12.8 Å². The molecule has 8 heteroatoms. The van der Waals surface area contributed by atoms with Crippen LogP contribution in [0.5, 0.6) is 0 Å². The molecule has 25 heavy (non-hydrogen) atoms. The number of benzene rings is 1. The van der Waals surface area contributed by atoms with Crippen molar-refractivity contribution in [2.45, 2.75) is 51.1 Å². The second-order valence-electron chi connectivity index (χ2n) is 5.99. The van der Waals surface area contributed by atoms with Crippen LogP contribution in [0.25, 0.3) is 0 Å². The third-order valence-electron chi connectivity index (χ3n) is 4.03. The van der Waals surface area contributed by atoms with E-state index in [0.29, 0.717) is 18.6 Å². The number of allylic oxidation sites excluding steroid dienone is 1. The summed E-state index contributed by atoms with van der Waals surface area (Å²) >= 11 is 0. The van der Waals surface area contributed by atoms with E-state index >= 15 is 0 Å². The first-order valence-corrected chi connectivity index (χ1v) is 7.70. The summed E-state index contributed by atoms with van der Waals surface area (Å²) < 4.78 is 77.6. The van der Waals surface area contributed by atoms with Crippen LogP contribution in [0, 0.1) is 0 Å². The van der Waals surface area contributed by atoms with Gasteiger partial charge in [-0.15, -0.1) is 0 Å². The molecule has 0 saturated carbocycles. The molecule has 0 saturated heterocycles. The Morgan fingerprint density at radius 3 is 2.04 bits per heavy atom. The van der Waals surface area contributed by atoms with Crippen LogP contribution in [-0.2, 0) is 23.7 Å². The SMILES string of the molecule is CC(=O)N(Cc1cc(C(F)(F)F)cc(C(F)(F)F)c1)C1C=CCCC1. The van der Waals surface area contributed by atoms with Crippen molar-refractivity contribution in [1.29, 1.82) is 0 Å². The van der Waals surface area contributed by atoms with E-state index in [1.54, 1.807) is 6.08 Å². The Kier molecular flexibility index (Phi) is 5.49. The second-order valence-corrected chi connectivity index (χ2v) is 5.99. The van der Waals surface area contributed by atoms with Gasteiger partial charge >= 0.3 is 12.4 Å². The number of nitrogens with zero attached hydrogens (tertiary/aromatic N) is 1.